The minimum Gasteiger partial charge on any atom is -0.456 e. The molecule has 12 rings (SSSR count). The molecule has 4 heterocycles. The van der Waals surface area contributed by atoms with E-state index in [9.17, 15) is 0 Å². The van der Waals surface area contributed by atoms with Crippen LogP contribution in [0.25, 0.3) is 110 Å². The van der Waals surface area contributed by atoms with E-state index < -0.39 is 0 Å². The van der Waals surface area contributed by atoms with Crippen LogP contribution in [0.3, 0.4) is 0 Å². The molecule has 0 unspecified atom stereocenters. The lowest BCUT2D eigenvalue weighted by atomic mass is 10.0. The summed E-state index contributed by atoms with van der Waals surface area (Å²) in [7, 11) is 0. The van der Waals surface area contributed by atoms with Crippen LogP contribution in [0, 0.1) is 0 Å². The van der Waals surface area contributed by atoms with Gasteiger partial charge in [0.05, 0.1) is 22.1 Å². The topological polar surface area (TPSA) is 36.1 Å². The van der Waals surface area contributed by atoms with Crippen LogP contribution in [0.15, 0.2) is 179 Å². The fourth-order valence-corrected chi connectivity index (χ4v) is 8.54. The van der Waals surface area contributed by atoms with Crippen molar-refractivity contribution in [3.8, 4) is 22.5 Å². The molecule has 4 nitrogen and oxygen atoms in total. The zero-order valence-electron chi connectivity index (χ0n) is 27.9. The SMILES string of the molecule is c1ccc(-n2c3ccc(-c4ccc5c6cc7oc8ccccc8c7cc6n(-c6ccccc6)c5c4)cc3c3cc4oc5ccccc5c4cc32)cc1. The Kier molecular flexibility index (Phi) is 5.47. The number of hydrogen-bond donors (Lipinski definition) is 0. The first-order chi connectivity index (χ1) is 25.8. The summed E-state index contributed by atoms with van der Waals surface area (Å²) in [6.45, 7) is 0. The fourth-order valence-electron chi connectivity index (χ4n) is 8.54. The van der Waals surface area contributed by atoms with Gasteiger partial charge in [0.25, 0.3) is 0 Å². The summed E-state index contributed by atoms with van der Waals surface area (Å²) in [6, 6.07) is 60.7. The van der Waals surface area contributed by atoms with E-state index in [1.54, 1.807) is 0 Å². The maximum atomic E-state index is 6.40. The van der Waals surface area contributed by atoms with Gasteiger partial charge in [-0.15, -0.1) is 0 Å². The zero-order chi connectivity index (χ0) is 33.9. The molecule has 0 N–H and O–H groups in total. The van der Waals surface area contributed by atoms with E-state index in [0.29, 0.717) is 0 Å². The first kappa shape index (κ1) is 27.7. The summed E-state index contributed by atoms with van der Waals surface area (Å²) in [4.78, 5) is 0. The molecule has 0 atom stereocenters. The third-order valence-electron chi connectivity index (χ3n) is 10.9. The van der Waals surface area contributed by atoms with Gasteiger partial charge in [-0.05, 0) is 90.0 Å². The van der Waals surface area contributed by atoms with Crippen molar-refractivity contribution in [2.45, 2.75) is 0 Å². The van der Waals surface area contributed by atoms with Crippen LogP contribution in [0.4, 0.5) is 0 Å². The molecule has 0 radical (unpaired) electrons. The highest BCUT2D eigenvalue weighted by Gasteiger charge is 2.20. The summed E-state index contributed by atoms with van der Waals surface area (Å²) < 4.78 is 17.5. The summed E-state index contributed by atoms with van der Waals surface area (Å²) in [5.74, 6) is 0. The van der Waals surface area contributed by atoms with Crippen molar-refractivity contribution in [1.82, 2.24) is 9.13 Å². The second kappa shape index (κ2) is 10.3. The Morgan fingerprint density at radius 2 is 0.731 bits per heavy atom. The Labute approximate surface area is 296 Å². The van der Waals surface area contributed by atoms with Crippen molar-refractivity contribution in [1.29, 1.82) is 0 Å². The predicted molar refractivity (Wildman–Crippen MR) is 215 cm³/mol. The highest BCUT2D eigenvalue weighted by atomic mass is 16.3. The molecule has 4 aromatic heterocycles. The Bertz CT molecular complexity index is 3400. The molecular weight excluding hydrogens is 637 g/mol. The van der Waals surface area contributed by atoms with Gasteiger partial charge in [-0.1, -0.05) is 91.0 Å². The van der Waals surface area contributed by atoms with E-state index in [-0.39, 0.29) is 0 Å². The summed E-state index contributed by atoms with van der Waals surface area (Å²) >= 11 is 0. The van der Waals surface area contributed by atoms with Crippen LogP contribution in [0.5, 0.6) is 0 Å². The largest absolute Gasteiger partial charge is 0.456 e. The molecule has 0 bridgehead atoms. The summed E-state index contributed by atoms with van der Waals surface area (Å²) in [5, 5.41) is 9.24. The molecule has 0 spiro atoms. The summed E-state index contributed by atoms with van der Waals surface area (Å²) in [5.41, 5.74) is 12.9. The van der Waals surface area contributed by atoms with Crippen LogP contribution in [-0.2, 0) is 0 Å². The second-order valence-electron chi connectivity index (χ2n) is 13.7. The fraction of sp³-hybridized carbons (Fsp3) is 0. The van der Waals surface area contributed by atoms with Gasteiger partial charge in [-0.2, -0.15) is 0 Å². The van der Waals surface area contributed by atoms with E-state index in [1.807, 2.05) is 24.3 Å². The molecule has 0 aliphatic carbocycles. The van der Waals surface area contributed by atoms with Crippen molar-refractivity contribution in [2.24, 2.45) is 0 Å². The minimum absolute atomic E-state index is 0.901. The zero-order valence-corrected chi connectivity index (χ0v) is 27.9. The van der Waals surface area contributed by atoms with Gasteiger partial charge in [0.1, 0.15) is 22.3 Å². The van der Waals surface area contributed by atoms with Crippen LogP contribution >= 0.6 is 0 Å². The second-order valence-corrected chi connectivity index (χ2v) is 13.7. The lowest BCUT2D eigenvalue weighted by molar-refractivity contribution is 0.669. The third-order valence-corrected chi connectivity index (χ3v) is 10.9. The van der Waals surface area contributed by atoms with Gasteiger partial charge >= 0.3 is 0 Å². The van der Waals surface area contributed by atoms with Crippen LogP contribution < -0.4 is 0 Å². The maximum absolute atomic E-state index is 6.40. The van der Waals surface area contributed by atoms with Gasteiger partial charge in [-0.25, -0.2) is 0 Å². The molecule has 0 amide bonds. The van der Waals surface area contributed by atoms with Gasteiger partial charge < -0.3 is 18.0 Å². The Morgan fingerprint density at radius 3 is 1.35 bits per heavy atom. The molecular formula is C48H28N2O2. The average Bonchev–Trinajstić information content (AvgIpc) is 3.93. The van der Waals surface area contributed by atoms with E-state index in [0.717, 1.165) is 88.4 Å². The number of furan rings is 2. The Balaban J connectivity index is 1.12. The van der Waals surface area contributed by atoms with E-state index in [1.165, 1.54) is 21.5 Å². The lowest BCUT2D eigenvalue weighted by Gasteiger charge is -2.10. The quantitative estimate of drug-likeness (QED) is 0.188. The number of para-hydroxylation sites is 4. The smallest absolute Gasteiger partial charge is 0.136 e. The molecule has 0 aliphatic rings. The van der Waals surface area contributed by atoms with Gasteiger partial charge in [0.15, 0.2) is 0 Å². The number of nitrogens with zero attached hydrogens (tertiary/aromatic N) is 2. The number of fused-ring (bicyclic) bond motifs is 12. The molecule has 12 aromatic rings. The average molecular weight is 665 g/mol. The van der Waals surface area contributed by atoms with Crippen LogP contribution in [-0.4, -0.2) is 9.13 Å². The van der Waals surface area contributed by atoms with Crippen molar-refractivity contribution in [3.05, 3.63) is 170 Å². The van der Waals surface area contributed by atoms with Crippen molar-refractivity contribution >= 4 is 87.5 Å². The number of benzene rings is 8. The first-order valence-corrected chi connectivity index (χ1v) is 17.7. The first-order valence-electron chi connectivity index (χ1n) is 17.7. The lowest BCUT2D eigenvalue weighted by Crippen LogP contribution is -1.94. The molecule has 0 aliphatic heterocycles. The van der Waals surface area contributed by atoms with E-state index in [2.05, 4.69) is 155 Å². The summed E-state index contributed by atoms with van der Waals surface area (Å²) in [6.07, 6.45) is 0. The van der Waals surface area contributed by atoms with Gasteiger partial charge in [0, 0.05) is 54.5 Å². The minimum atomic E-state index is 0.901. The Hall–Kier alpha value is -7.04. The van der Waals surface area contributed by atoms with Crippen LogP contribution in [0.2, 0.25) is 0 Å². The molecule has 0 saturated heterocycles. The molecule has 52 heavy (non-hydrogen) atoms. The highest BCUT2D eigenvalue weighted by Crippen LogP contribution is 2.42. The molecule has 0 fully saturated rings. The molecule has 0 saturated carbocycles. The Morgan fingerprint density at radius 1 is 0.269 bits per heavy atom. The third kappa shape index (κ3) is 3.81. The normalized spacial score (nSPS) is 12.2. The van der Waals surface area contributed by atoms with Crippen LogP contribution in [0.1, 0.15) is 0 Å². The van der Waals surface area contributed by atoms with Crippen molar-refractivity contribution in [3.63, 3.8) is 0 Å². The van der Waals surface area contributed by atoms with Crippen molar-refractivity contribution < 1.29 is 8.83 Å². The van der Waals surface area contributed by atoms with Gasteiger partial charge in [-0.3, -0.25) is 0 Å². The standard InChI is InChI=1S/C48H28N2O2/c1-3-11-31(12-4-1)49-41-22-20-29(23-36(41)38-28-48-40(26-44(38)49)35-16-8-10-18-46(35)52-48)30-19-21-33-37-27-47-39(34-15-7-9-17-45(34)51-47)25-43(37)50(42(33)24-30)32-13-5-2-6-14-32/h1-28H. The van der Waals surface area contributed by atoms with Gasteiger partial charge in [0.2, 0.25) is 0 Å². The number of rotatable bonds is 3. The highest BCUT2D eigenvalue weighted by molar-refractivity contribution is 6.19. The van der Waals surface area contributed by atoms with E-state index >= 15 is 0 Å². The predicted octanol–water partition coefficient (Wildman–Crippen LogP) is 13.3. The molecule has 8 aromatic carbocycles. The molecule has 4 heteroatoms. The number of hydrogen-bond acceptors (Lipinski definition) is 2. The monoisotopic (exact) mass is 664 g/mol. The van der Waals surface area contributed by atoms with Crippen molar-refractivity contribution in [2.75, 3.05) is 0 Å². The van der Waals surface area contributed by atoms with E-state index in [4.69, 9.17) is 8.83 Å². The maximum Gasteiger partial charge on any atom is 0.136 e. The number of aromatic nitrogens is 2. The molecule has 242 valence electrons.